The van der Waals surface area contributed by atoms with Crippen molar-refractivity contribution >= 4 is 31.9 Å². The molecule has 5 unspecified atom stereocenters. The summed E-state index contributed by atoms with van der Waals surface area (Å²) in [6.45, 7) is 0. The molecule has 0 spiro atoms. The van der Waals surface area contributed by atoms with Gasteiger partial charge in [-0.05, 0) is 31.6 Å². The highest BCUT2D eigenvalue weighted by molar-refractivity contribution is 9.12. The molecule has 0 aromatic carbocycles. The first-order valence-corrected chi connectivity index (χ1v) is 6.95. The summed E-state index contributed by atoms with van der Waals surface area (Å²) in [6, 6.07) is 0. The summed E-state index contributed by atoms with van der Waals surface area (Å²) in [5.41, 5.74) is -1.46. The molecular formula is C10H14Br2F2. The largest absolute Gasteiger partial charge is 0.244 e. The topological polar surface area (TPSA) is 0 Å². The van der Waals surface area contributed by atoms with Crippen LogP contribution in [-0.4, -0.2) is 21.5 Å². The Morgan fingerprint density at radius 3 is 2.36 bits per heavy atom. The van der Waals surface area contributed by atoms with E-state index in [2.05, 4.69) is 31.9 Å². The zero-order valence-electron chi connectivity index (χ0n) is 7.86. The maximum absolute atomic E-state index is 13.5. The van der Waals surface area contributed by atoms with E-state index in [1.165, 1.54) is 0 Å². The third-order valence-corrected chi connectivity index (χ3v) is 6.17. The molecule has 82 valence electrons. The summed E-state index contributed by atoms with van der Waals surface area (Å²) >= 11 is 7.15. The van der Waals surface area contributed by atoms with Crippen molar-refractivity contribution in [2.75, 3.05) is 0 Å². The van der Waals surface area contributed by atoms with Crippen molar-refractivity contribution in [3.8, 4) is 0 Å². The highest BCUT2D eigenvalue weighted by Gasteiger charge is 2.57. The fourth-order valence-electron chi connectivity index (χ4n) is 2.28. The first kappa shape index (κ1) is 11.3. The maximum Gasteiger partial charge on any atom is 0.145 e. The zero-order chi connectivity index (χ0) is 10.3. The van der Waals surface area contributed by atoms with Crippen LogP contribution in [0.25, 0.3) is 0 Å². The van der Waals surface area contributed by atoms with E-state index in [1.54, 1.807) is 0 Å². The van der Waals surface area contributed by atoms with Gasteiger partial charge >= 0.3 is 0 Å². The van der Waals surface area contributed by atoms with Gasteiger partial charge in [0.1, 0.15) is 11.8 Å². The molecule has 0 amide bonds. The Bertz CT molecular complexity index is 224. The standard InChI is InChI=1S/C10H14Br2F2/c11-7-2-1-6(3-8(7)12)4-10(14)5-9(10)13/h6-9H,1-5H2. The van der Waals surface area contributed by atoms with Crippen molar-refractivity contribution in [1.29, 1.82) is 0 Å². The number of halogens is 4. The quantitative estimate of drug-likeness (QED) is 0.667. The Morgan fingerprint density at radius 1 is 1.21 bits per heavy atom. The third-order valence-electron chi connectivity index (χ3n) is 3.35. The number of alkyl halides is 4. The smallest absolute Gasteiger partial charge is 0.145 e. The molecule has 0 bridgehead atoms. The summed E-state index contributed by atoms with van der Waals surface area (Å²) in [7, 11) is 0. The second-order valence-electron chi connectivity index (χ2n) is 4.62. The molecule has 5 atom stereocenters. The maximum atomic E-state index is 13.5. The molecule has 2 aliphatic rings. The van der Waals surface area contributed by atoms with Crippen molar-refractivity contribution in [3.05, 3.63) is 0 Å². The second-order valence-corrected chi connectivity index (χ2v) is 6.97. The van der Waals surface area contributed by atoms with Crippen LogP contribution < -0.4 is 0 Å². The van der Waals surface area contributed by atoms with Crippen LogP contribution in [-0.2, 0) is 0 Å². The van der Waals surface area contributed by atoms with E-state index in [1.807, 2.05) is 0 Å². The van der Waals surface area contributed by atoms with Gasteiger partial charge in [-0.3, -0.25) is 0 Å². The van der Waals surface area contributed by atoms with Crippen LogP contribution >= 0.6 is 31.9 Å². The van der Waals surface area contributed by atoms with Gasteiger partial charge in [0.25, 0.3) is 0 Å². The highest BCUT2D eigenvalue weighted by Crippen LogP contribution is 2.50. The fourth-order valence-corrected chi connectivity index (χ4v) is 3.55. The van der Waals surface area contributed by atoms with Crippen LogP contribution in [0.4, 0.5) is 8.78 Å². The van der Waals surface area contributed by atoms with Gasteiger partial charge in [-0.1, -0.05) is 31.9 Å². The van der Waals surface area contributed by atoms with Gasteiger partial charge < -0.3 is 0 Å². The van der Waals surface area contributed by atoms with Gasteiger partial charge in [-0.25, -0.2) is 8.78 Å². The number of hydrogen-bond acceptors (Lipinski definition) is 0. The van der Waals surface area contributed by atoms with Crippen molar-refractivity contribution in [3.63, 3.8) is 0 Å². The molecule has 14 heavy (non-hydrogen) atoms. The minimum Gasteiger partial charge on any atom is -0.244 e. The summed E-state index contributed by atoms with van der Waals surface area (Å²) in [5, 5.41) is 0. The molecular weight excluding hydrogens is 318 g/mol. The van der Waals surface area contributed by atoms with E-state index in [-0.39, 0.29) is 6.42 Å². The first-order chi connectivity index (χ1) is 6.51. The van der Waals surface area contributed by atoms with E-state index in [4.69, 9.17) is 0 Å². The Morgan fingerprint density at radius 2 is 1.86 bits per heavy atom. The lowest BCUT2D eigenvalue weighted by Gasteiger charge is -2.30. The van der Waals surface area contributed by atoms with Crippen LogP contribution in [0, 0.1) is 5.92 Å². The van der Waals surface area contributed by atoms with Gasteiger partial charge in [-0.15, -0.1) is 0 Å². The molecule has 4 heteroatoms. The lowest BCUT2D eigenvalue weighted by atomic mass is 9.85. The minimum absolute atomic E-state index is 0.133. The Kier molecular flexibility index (Phi) is 3.23. The molecule has 0 heterocycles. The van der Waals surface area contributed by atoms with E-state index in [0.29, 0.717) is 22.0 Å². The first-order valence-electron chi connectivity index (χ1n) is 5.12. The second kappa shape index (κ2) is 4.00. The minimum atomic E-state index is -1.46. The van der Waals surface area contributed by atoms with Crippen LogP contribution in [0.2, 0.25) is 0 Å². The molecule has 0 aromatic rings. The number of hydrogen-bond donors (Lipinski definition) is 0. The molecule has 0 N–H and O–H groups in total. The van der Waals surface area contributed by atoms with Gasteiger partial charge in [0, 0.05) is 16.1 Å². The van der Waals surface area contributed by atoms with Gasteiger partial charge in [-0.2, -0.15) is 0 Å². The van der Waals surface area contributed by atoms with Crippen LogP contribution in [0.5, 0.6) is 0 Å². The molecule has 2 fully saturated rings. The molecule has 0 saturated heterocycles. The lowest BCUT2D eigenvalue weighted by Crippen LogP contribution is -2.27. The predicted molar refractivity (Wildman–Crippen MR) is 60.7 cm³/mol. The highest BCUT2D eigenvalue weighted by atomic mass is 79.9. The van der Waals surface area contributed by atoms with E-state index >= 15 is 0 Å². The summed E-state index contributed by atoms with van der Waals surface area (Å²) in [6.07, 6.45) is 2.43. The third kappa shape index (κ3) is 2.31. The van der Waals surface area contributed by atoms with Crippen LogP contribution in [0.15, 0.2) is 0 Å². The van der Waals surface area contributed by atoms with Crippen molar-refractivity contribution < 1.29 is 8.78 Å². The summed E-state index contributed by atoms with van der Waals surface area (Å²) < 4.78 is 26.2. The van der Waals surface area contributed by atoms with E-state index in [9.17, 15) is 8.78 Å². The SMILES string of the molecule is FC1CC1(F)CC1CCC(Br)C(Br)C1. The van der Waals surface area contributed by atoms with Crippen LogP contribution in [0.3, 0.4) is 0 Å². The molecule has 0 nitrogen and oxygen atoms in total. The molecule has 0 aromatic heterocycles. The van der Waals surface area contributed by atoms with Gasteiger partial charge in [0.05, 0.1) is 0 Å². The van der Waals surface area contributed by atoms with Crippen molar-refractivity contribution in [2.24, 2.45) is 5.92 Å². The van der Waals surface area contributed by atoms with Crippen molar-refractivity contribution in [2.45, 2.75) is 53.6 Å². The monoisotopic (exact) mass is 330 g/mol. The Labute approximate surface area is 100 Å². The Hall–Kier alpha value is 0.820. The summed E-state index contributed by atoms with van der Waals surface area (Å²) in [5.74, 6) is 0.360. The van der Waals surface area contributed by atoms with Gasteiger partial charge in [0.2, 0.25) is 0 Å². The van der Waals surface area contributed by atoms with E-state index < -0.39 is 11.8 Å². The molecule has 2 aliphatic carbocycles. The average Bonchev–Trinajstić information content (AvgIpc) is 2.67. The normalized spacial score (nSPS) is 53.1. The van der Waals surface area contributed by atoms with Gasteiger partial charge in [0.15, 0.2) is 0 Å². The van der Waals surface area contributed by atoms with Crippen molar-refractivity contribution in [1.82, 2.24) is 0 Å². The number of rotatable bonds is 2. The Balaban J connectivity index is 1.83. The molecule has 2 saturated carbocycles. The van der Waals surface area contributed by atoms with E-state index in [0.717, 1.165) is 19.3 Å². The lowest BCUT2D eigenvalue weighted by molar-refractivity contribution is 0.183. The average molecular weight is 332 g/mol. The molecule has 0 radical (unpaired) electrons. The molecule has 0 aliphatic heterocycles. The summed E-state index contributed by atoms with van der Waals surface area (Å²) in [4.78, 5) is 0.913. The predicted octanol–water partition coefficient (Wildman–Crippen LogP) is 4.15. The fraction of sp³-hybridized carbons (Fsp3) is 1.00. The molecule has 2 rings (SSSR count). The zero-order valence-corrected chi connectivity index (χ0v) is 11.0. The van der Waals surface area contributed by atoms with Crippen LogP contribution in [0.1, 0.15) is 32.1 Å².